The summed E-state index contributed by atoms with van der Waals surface area (Å²) >= 11 is 1.35. The van der Waals surface area contributed by atoms with E-state index in [4.69, 9.17) is 0 Å². The average molecular weight is 383 g/mol. The van der Waals surface area contributed by atoms with Crippen molar-refractivity contribution in [2.75, 3.05) is 18.4 Å². The third kappa shape index (κ3) is 3.30. The highest BCUT2D eigenvalue weighted by Crippen LogP contribution is 2.32. The lowest BCUT2D eigenvalue weighted by atomic mass is 10.1. The SMILES string of the molecule is CCc1cc(=O)n2nc(NC3CCN(S(=O)(=O)C4CC4)CC3)sc2n1. The number of hydrogen-bond donors (Lipinski definition) is 1. The van der Waals surface area contributed by atoms with Gasteiger partial charge in [0.05, 0.1) is 5.25 Å². The highest BCUT2D eigenvalue weighted by atomic mass is 32.2. The van der Waals surface area contributed by atoms with E-state index in [-0.39, 0.29) is 16.9 Å². The van der Waals surface area contributed by atoms with Crippen LogP contribution in [-0.2, 0) is 16.4 Å². The summed E-state index contributed by atoms with van der Waals surface area (Å²) in [6.45, 7) is 3.04. The number of aryl methyl sites for hydroxylation is 1. The third-order valence-corrected chi connectivity index (χ3v) is 7.99. The summed E-state index contributed by atoms with van der Waals surface area (Å²) in [7, 11) is -3.08. The van der Waals surface area contributed by atoms with E-state index in [2.05, 4.69) is 15.4 Å². The Morgan fingerprint density at radius 2 is 2.00 bits per heavy atom. The molecule has 0 unspecified atom stereocenters. The van der Waals surface area contributed by atoms with Crippen LogP contribution in [0.5, 0.6) is 0 Å². The molecule has 2 aromatic rings. The maximum Gasteiger partial charge on any atom is 0.275 e. The monoisotopic (exact) mass is 383 g/mol. The lowest BCUT2D eigenvalue weighted by Gasteiger charge is -2.31. The first kappa shape index (κ1) is 16.9. The van der Waals surface area contributed by atoms with E-state index in [1.54, 1.807) is 4.31 Å². The molecule has 2 aromatic heterocycles. The van der Waals surface area contributed by atoms with E-state index >= 15 is 0 Å². The van der Waals surface area contributed by atoms with Crippen LogP contribution in [0.25, 0.3) is 4.96 Å². The third-order valence-electron chi connectivity index (χ3n) is 4.75. The highest BCUT2D eigenvalue weighted by Gasteiger charge is 2.41. The Morgan fingerprint density at radius 3 is 2.64 bits per heavy atom. The predicted molar refractivity (Wildman–Crippen MR) is 96.7 cm³/mol. The van der Waals surface area contributed by atoms with Gasteiger partial charge < -0.3 is 5.32 Å². The van der Waals surface area contributed by atoms with Gasteiger partial charge in [-0.25, -0.2) is 17.7 Å². The van der Waals surface area contributed by atoms with Crippen LogP contribution in [0.1, 0.15) is 38.3 Å². The van der Waals surface area contributed by atoms with Gasteiger partial charge in [0.15, 0.2) is 0 Å². The number of piperidine rings is 1. The quantitative estimate of drug-likeness (QED) is 0.830. The van der Waals surface area contributed by atoms with Crippen LogP contribution >= 0.6 is 11.3 Å². The van der Waals surface area contributed by atoms with E-state index in [1.165, 1.54) is 21.9 Å². The molecule has 2 fully saturated rings. The lowest BCUT2D eigenvalue weighted by Crippen LogP contribution is -2.43. The second-order valence-corrected chi connectivity index (χ2v) is 9.77. The minimum atomic E-state index is -3.08. The Labute approximate surface area is 149 Å². The molecule has 0 atom stereocenters. The van der Waals surface area contributed by atoms with Gasteiger partial charge in [0.1, 0.15) is 0 Å². The van der Waals surface area contributed by atoms with E-state index < -0.39 is 10.0 Å². The molecular weight excluding hydrogens is 362 g/mol. The van der Waals surface area contributed by atoms with Crippen molar-refractivity contribution in [3.63, 3.8) is 0 Å². The summed E-state index contributed by atoms with van der Waals surface area (Å²) in [6.07, 6.45) is 3.79. The fourth-order valence-electron chi connectivity index (χ4n) is 3.10. The Hall–Kier alpha value is -1.52. The van der Waals surface area contributed by atoms with E-state index in [9.17, 15) is 13.2 Å². The number of fused-ring (bicyclic) bond motifs is 1. The van der Waals surface area contributed by atoms with Gasteiger partial charge in [0.2, 0.25) is 20.1 Å². The fraction of sp³-hybridized carbons (Fsp3) is 0.667. The van der Waals surface area contributed by atoms with Crippen molar-refractivity contribution in [3.05, 3.63) is 22.1 Å². The molecule has 1 aliphatic carbocycles. The molecule has 0 amide bonds. The molecule has 1 saturated carbocycles. The summed E-state index contributed by atoms with van der Waals surface area (Å²) in [5.41, 5.74) is 0.593. The van der Waals surface area contributed by atoms with Crippen molar-refractivity contribution < 1.29 is 8.42 Å². The predicted octanol–water partition coefficient (Wildman–Crippen LogP) is 1.08. The van der Waals surface area contributed by atoms with Gasteiger partial charge in [0, 0.05) is 30.9 Å². The number of hydrogen-bond acceptors (Lipinski definition) is 7. The summed E-state index contributed by atoms with van der Waals surface area (Å²) in [6, 6.07) is 1.67. The zero-order chi connectivity index (χ0) is 17.6. The number of nitrogens with one attached hydrogen (secondary N) is 1. The second-order valence-electron chi connectivity index (χ2n) is 6.60. The number of aromatic nitrogens is 3. The Morgan fingerprint density at radius 1 is 1.28 bits per heavy atom. The van der Waals surface area contributed by atoms with Crippen LogP contribution in [0.3, 0.4) is 0 Å². The van der Waals surface area contributed by atoms with Crippen LogP contribution in [0.15, 0.2) is 10.9 Å². The minimum Gasteiger partial charge on any atom is -0.357 e. The Balaban J connectivity index is 1.44. The molecule has 10 heteroatoms. The molecule has 8 nitrogen and oxygen atoms in total. The van der Waals surface area contributed by atoms with Gasteiger partial charge in [-0.15, -0.1) is 5.10 Å². The smallest absolute Gasteiger partial charge is 0.275 e. The number of nitrogens with zero attached hydrogens (tertiary/aromatic N) is 4. The van der Waals surface area contributed by atoms with Crippen molar-refractivity contribution in [2.45, 2.75) is 50.3 Å². The normalized spacial score (nSPS) is 20.2. The number of anilines is 1. The molecule has 0 radical (unpaired) electrons. The van der Waals surface area contributed by atoms with E-state index in [0.29, 0.717) is 29.6 Å². The molecule has 4 rings (SSSR count). The molecule has 136 valence electrons. The van der Waals surface area contributed by atoms with Crippen molar-refractivity contribution >= 4 is 31.5 Å². The molecular formula is C15H21N5O3S2. The standard InChI is InChI=1S/C15H21N5O3S2/c1-2-10-9-13(21)20-15(17-10)24-14(18-20)16-11-5-7-19(8-6-11)25(22,23)12-3-4-12/h9,11-12H,2-8H2,1H3,(H,16,18). The molecule has 1 aliphatic heterocycles. The Bertz CT molecular complexity index is 940. The Kier molecular flexibility index (Phi) is 4.28. The van der Waals surface area contributed by atoms with Crippen molar-refractivity contribution in [1.29, 1.82) is 0 Å². The van der Waals surface area contributed by atoms with Crippen LogP contribution in [0.2, 0.25) is 0 Å². The molecule has 2 aliphatic rings. The van der Waals surface area contributed by atoms with E-state index in [0.717, 1.165) is 31.4 Å². The molecule has 1 saturated heterocycles. The van der Waals surface area contributed by atoms with Crippen molar-refractivity contribution in [3.8, 4) is 0 Å². The summed E-state index contributed by atoms with van der Waals surface area (Å²) < 4.78 is 27.5. The average Bonchev–Trinajstić information content (AvgIpc) is 3.37. The molecule has 1 N–H and O–H groups in total. The summed E-state index contributed by atoms with van der Waals surface area (Å²) in [5.74, 6) is 0. The maximum atomic E-state index is 12.3. The van der Waals surface area contributed by atoms with Crippen LogP contribution < -0.4 is 10.9 Å². The van der Waals surface area contributed by atoms with Crippen molar-refractivity contribution in [1.82, 2.24) is 18.9 Å². The largest absolute Gasteiger partial charge is 0.357 e. The first-order valence-corrected chi connectivity index (χ1v) is 10.9. The van der Waals surface area contributed by atoms with Crippen LogP contribution in [0.4, 0.5) is 5.13 Å². The van der Waals surface area contributed by atoms with Gasteiger partial charge >= 0.3 is 0 Å². The van der Waals surface area contributed by atoms with Gasteiger partial charge in [-0.1, -0.05) is 18.3 Å². The molecule has 0 bridgehead atoms. The lowest BCUT2D eigenvalue weighted by molar-refractivity contribution is 0.329. The second kappa shape index (κ2) is 6.33. The topological polar surface area (TPSA) is 96.7 Å². The minimum absolute atomic E-state index is 0.146. The van der Waals surface area contributed by atoms with Crippen molar-refractivity contribution in [2.24, 2.45) is 0 Å². The first-order valence-electron chi connectivity index (χ1n) is 8.62. The van der Waals surface area contributed by atoms with Gasteiger partial charge in [-0.3, -0.25) is 4.79 Å². The zero-order valence-corrected chi connectivity index (χ0v) is 15.6. The number of rotatable bonds is 5. The first-order chi connectivity index (χ1) is 12.0. The van der Waals surface area contributed by atoms with E-state index in [1.807, 2.05) is 6.92 Å². The molecule has 3 heterocycles. The van der Waals surface area contributed by atoms with Gasteiger partial charge in [-0.05, 0) is 32.1 Å². The van der Waals surface area contributed by atoms with Crippen LogP contribution in [0, 0.1) is 0 Å². The highest BCUT2D eigenvalue weighted by molar-refractivity contribution is 7.90. The molecule has 0 spiro atoms. The van der Waals surface area contributed by atoms with Gasteiger partial charge in [-0.2, -0.15) is 4.52 Å². The molecule has 25 heavy (non-hydrogen) atoms. The molecule has 0 aromatic carbocycles. The number of sulfonamides is 1. The zero-order valence-electron chi connectivity index (χ0n) is 14.0. The maximum absolute atomic E-state index is 12.3. The van der Waals surface area contributed by atoms with Gasteiger partial charge in [0.25, 0.3) is 5.56 Å². The van der Waals surface area contributed by atoms with Crippen LogP contribution in [-0.4, -0.2) is 51.7 Å². The summed E-state index contributed by atoms with van der Waals surface area (Å²) in [4.78, 5) is 17.1. The fourth-order valence-corrected chi connectivity index (χ4v) is 5.88. The summed E-state index contributed by atoms with van der Waals surface area (Å²) in [5, 5.41) is 8.15.